The fraction of sp³-hybridized carbons (Fsp3) is 0.778. The van der Waals surface area contributed by atoms with Crippen molar-refractivity contribution in [2.24, 2.45) is 0 Å². The van der Waals surface area contributed by atoms with Crippen molar-refractivity contribution in [1.29, 1.82) is 0 Å². The van der Waals surface area contributed by atoms with Crippen molar-refractivity contribution in [3.05, 3.63) is 17.5 Å². The monoisotopic (exact) mass is 334 g/mol. The summed E-state index contributed by atoms with van der Waals surface area (Å²) in [7, 11) is 0. The van der Waals surface area contributed by atoms with Crippen LogP contribution in [0.4, 0.5) is 0 Å². The lowest BCUT2D eigenvalue weighted by atomic mass is 9.79. The summed E-state index contributed by atoms with van der Waals surface area (Å²) in [5.74, 6) is 0.198. The molecule has 6 nitrogen and oxygen atoms in total. The van der Waals surface area contributed by atoms with E-state index < -0.39 is 0 Å². The molecule has 6 heteroatoms. The van der Waals surface area contributed by atoms with E-state index in [1.165, 1.54) is 6.42 Å². The first-order valence-corrected chi connectivity index (χ1v) is 9.25. The van der Waals surface area contributed by atoms with Gasteiger partial charge in [0.1, 0.15) is 5.54 Å². The van der Waals surface area contributed by atoms with Gasteiger partial charge < -0.3 is 10.1 Å². The molecule has 0 bridgehead atoms. The van der Waals surface area contributed by atoms with E-state index in [1.54, 1.807) is 0 Å². The summed E-state index contributed by atoms with van der Waals surface area (Å²) in [6, 6.07) is 2.13. The Kier molecular flexibility index (Phi) is 5.56. The van der Waals surface area contributed by atoms with Gasteiger partial charge in [0.25, 0.3) is 0 Å². The van der Waals surface area contributed by atoms with Crippen molar-refractivity contribution in [1.82, 2.24) is 20.4 Å². The molecule has 1 aliphatic heterocycles. The van der Waals surface area contributed by atoms with Gasteiger partial charge in [-0.15, -0.1) is 0 Å². The second-order valence-corrected chi connectivity index (χ2v) is 7.31. The summed E-state index contributed by atoms with van der Waals surface area (Å²) in [5.41, 5.74) is 1.72. The maximum atomic E-state index is 13.2. The Labute approximate surface area is 144 Å². The van der Waals surface area contributed by atoms with E-state index in [0.29, 0.717) is 0 Å². The number of ether oxygens (including phenoxy) is 1. The number of aryl methyl sites for hydroxylation is 1. The van der Waals surface area contributed by atoms with Gasteiger partial charge in [0, 0.05) is 31.2 Å². The first kappa shape index (κ1) is 17.4. The van der Waals surface area contributed by atoms with Crippen LogP contribution in [0.3, 0.4) is 0 Å². The molecular formula is C18H30N4O2. The normalized spacial score (nSPS) is 22.9. The average Bonchev–Trinajstić information content (AvgIpc) is 3.01. The second-order valence-electron chi connectivity index (χ2n) is 7.31. The zero-order valence-corrected chi connectivity index (χ0v) is 14.9. The van der Waals surface area contributed by atoms with Crippen molar-refractivity contribution >= 4 is 5.91 Å². The van der Waals surface area contributed by atoms with Crippen LogP contribution in [0.15, 0.2) is 6.07 Å². The highest BCUT2D eigenvalue weighted by molar-refractivity contribution is 5.86. The van der Waals surface area contributed by atoms with Gasteiger partial charge in [-0.2, -0.15) is 5.10 Å². The van der Waals surface area contributed by atoms with Crippen LogP contribution in [0.5, 0.6) is 0 Å². The number of carbonyl (C=O) groups is 1. The molecule has 1 amide bonds. The van der Waals surface area contributed by atoms with Gasteiger partial charge in [-0.3, -0.25) is 14.8 Å². The molecule has 1 atom stereocenters. The molecule has 0 radical (unpaired) electrons. The van der Waals surface area contributed by atoms with Gasteiger partial charge in [-0.05, 0) is 32.8 Å². The molecule has 1 aromatic heterocycles. The molecule has 3 rings (SSSR count). The molecule has 24 heavy (non-hydrogen) atoms. The third-order valence-electron chi connectivity index (χ3n) is 5.37. The van der Waals surface area contributed by atoms with Gasteiger partial charge >= 0.3 is 0 Å². The van der Waals surface area contributed by atoms with E-state index in [0.717, 1.165) is 69.8 Å². The molecule has 1 unspecified atom stereocenters. The topological polar surface area (TPSA) is 70.2 Å². The molecular weight excluding hydrogens is 304 g/mol. The minimum atomic E-state index is -0.336. The van der Waals surface area contributed by atoms with Crippen LogP contribution in [0, 0.1) is 6.92 Å². The summed E-state index contributed by atoms with van der Waals surface area (Å²) in [6.45, 7) is 7.25. The van der Waals surface area contributed by atoms with E-state index in [4.69, 9.17) is 4.74 Å². The van der Waals surface area contributed by atoms with E-state index in [2.05, 4.69) is 27.3 Å². The lowest BCUT2D eigenvalue weighted by molar-refractivity contribution is -0.140. The van der Waals surface area contributed by atoms with E-state index >= 15 is 0 Å². The molecule has 134 valence electrons. The van der Waals surface area contributed by atoms with Crippen molar-refractivity contribution in [3.63, 3.8) is 0 Å². The molecule has 2 fully saturated rings. The van der Waals surface area contributed by atoms with Crippen LogP contribution >= 0.6 is 0 Å². The molecule has 0 aromatic carbocycles. The highest BCUT2D eigenvalue weighted by Gasteiger charge is 2.45. The maximum absolute atomic E-state index is 13.2. The predicted octanol–water partition coefficient (Wildman–Crippen LogP) is 1.80. The molecule has 1 aromatic rings. The number of rotatable bonds is 5. The van der Waals surface area contributed by atoms with Crippen LogP contribution in [0.2, 0.25) is 0 Å². The van der Waals surface area contributed by atoms with E-state index in [9.17, 15) is 4.79 Å². The number of H-pyrrole nitrogens is 1. The first-order valence-electron chi connectivity index (χ1n) is 9.25. The Morgan fingerprint density at radius 1 is 1.38 bits per heavy atom. The number of hydrogen-bond acceptors (Lipinski definition) is 4. The Bertz CT molecular complexity index is 545. The minimum Gasteiger partial charge on any atom is -0.379 e. The van der Waals surface area contributed by atoms with Crippen molar-refractivity contribution in [3.8, 4) is 0 Å². The van der Waals surface area contributed by atoms with Crippen LogP contribution in [0.1, 0.15) is 50.4 Å². The Balaban J connectivity index is 1.66. The second kappa shape index (κ2) is 7.66. The smallest absolute Gasteiger partial charge is 0.240 e. The van der Waals surface area contributed by atoms with Gasteiger partial charge in [0.05, 0.1) is 18.9 Å². The molecule has 0 spiro atoms. The maximum Gasteiger partial charge on any atom is 0.240 e. The fourth-order valence-corrected chi connectivity index (χ4v) is 4.12. The van der Waals surface area contributed by atoms with Gasteiger partial charge in [-0.1, -0.05) is 19.3 Å². The third-order valence-corrected chi connectivity index (χ3v) is 5.37. The van der Waals surface area contributed by atoms with Gasteiger partial charge in [0.15, 0.2) is 0 Å². The average molecular weight is 334 g/mol. The number of morpholine rings is 1. The Morgan fingerprint density at radius 2 is 2.08 bits per heavy atom. The first-order chi connectivity index (χ1) is 11.6. The van der Waals surface area contributed by atoms with Crippen LogP contribution in [-0.2, 0) is 16.0 Å². The Hall–Kier alpha value is -1.40. The number of nitrogens with zero attached hydrogens (tertiary/aromatic N) is 2. The summed E-state index contributed by atoms with van der Waals surface area (Å²) in [4.78, 5) is 15.6. The lowest BCUT2D eigenvalue weighted by Crippen LogP contribution is -2.63. The van der Waals surface area contributed by atoms with Gasteiger partial charge in [-0.25, -0.2) is 0 Å². The zero-order valence-electron chi connectivity index (χ0n) is 14.9. The fourth-order valence-electron chi connectivity index (χ4n) is 4.12. The Morgan fingerprint density at radius 3 is 2.71 bits per heavy atom. The highest BCUT2D eigenvalue weighted by atomic mass is 16.5. The molecule has 2 aliphatic rings. The van der Waals surface area contributed by atoms with Crippen molar-refractivity contribution in [2.75, 3.05) is 26.3 Å². The standard InChI is InChI=1S/C18H30N4O2/c1-14(12-16-13-15(2)20-21-16)19-17(23)18(6-4-3-5-7-18)22-8-10-24-11-9-22/h13-14H,3-12H2,1-2H3,(H,19,23)(H,20,21). The van der Waals surface area contributed by atoms with E-state index in [-0.39, 0.29) is 17.5 Å². The quantitative estimate of drug-likeness (QED) is 0.861. The number of nitrogens with one attached hydrogen (secondary N) is 2. The summed E-state index contributed by atoms with van der Waals surface area (Å²) < 4.78 is 5.49. The molecule has 1 saturated heterocycles. The molecule has 2 heterocycles. The SMILES string of the molecule is Cc1cc(CC(C)NC(=O)C2(N3CCOCC3)CCCCC2)n[nH]1. The minimum absolute atomic E-state index is 0.0834. The number of hydrogen-bond donors (Lipinski definition) is 2. The summed E-state index contributed by atoms with van der Waals surface area (Å²) >= 11 is 0. The predicted molar refractivity (Wildman–Crippen MR) is 92.8 cm³/mol. The summed E-state index contributed by atoms with van der Waals surface area (Å²) in [6.07, 6.45) is 6.20. The van der Waals surface area contributed by atoms with Crippen molar-refractivity contribution < 1.29 is 9.53 Å². The van der Waals surface area contributed by atoms with Crippen molar-refractivity contribution in [2.45, 2.75) is 64.0 Å². The largest absolute Gasteiger partial charge is 0.379 e. The molecule has 1 saturated carbocycles. The number of carbonyl (C=O) groups excluding carboxylic acids is 1. The lowest BCUT2D eigenvalue weighted by Gasteiger charge is -2.47. The van der Waals surface area contributed by atoms with E-state index in [1.807, 2.05) is 13.0 Å². The molecule has 1 aliphatic carbocycles. The highest BCUT2D eigenvalue weighted by Crippen LogP contribution is 2.34. The van der Waals surface area contributed by atoms with Crippen LogP contribution < -0.4 is 5.32 Å². The zero-order chi connectivity index (χ0) is 17.0. The summed E-state index contributed by atoms with van der Waals surface area (Å²) in [5, 5.41) is 10.5. The van der Waals surface area contributed by atoms with Crippen LogP contribution in [-0.4, -0.2) is 58.9 Å². The third kappa shape index (κ3) is 3.81. The number of aromatic nitrogens is 2. The number of amides is 1. The molecule has 2 N–H and O–H groups in total. The number of aromatic amines is 1. The van der Waals surface area contributed by atoms with Crippen LogP contribution in [0.25, 0.3) is 0 Å². The van der Waals surface area contributed by atoms with Gasteiger partial charge in [0.2, 0.25) is 5.91 Å².